The van der Waals surface area contributed by atoms with E-state index in [2.05, 4.69) is 0 Å². The maximum Gasteiger partial charge on any atom is 0.326 e. The predicted molar refractivity (Wildman–Crippen MR) is 67.5 cm³/mol. The molecule has 2 aliphatic heterocycles. The average molecular weight is 267 g/mol. The van der Waals surface area contributed by atoms with Gasteiger partial charge in [-0.3, -0.25) is 4.79 Å². The lowest BCUT2D eigenvalue weighted by Gasteiger charge is -2.30. The lowest BCUT2D eigenvalue weighted by atomic mass is 9.93. The maximum absolute atomic E-state index is 12.6. The molecule has 0 aromatic heterocycles. The molecule has 3 atom stereocenters. The largest absolute Gasteiger partial charge is 0.480 e. The number of carbonyl (C=O) groups excluding carboxylic acids is 1. The molecule has 2 saturated heterocycles. The second-order valence-electron chi connectivity index (χ2n) is 6.02. The lowest BCUT2D eigenvalue weighted by molar-refractivity contribution is -0.152. The third-order valence-corrected chi connectivity index (χ3v) is 5.00. The number of hydrogen-bond acceptors (Lipinski definition) is 3. The van der Waals surface area contributed by atoms with E-state index in [1.165, 1.54) is 0 Å². The Kier molecular flexibility index (Phi) is 3.48. The Morgan fingerprint density at radius 2 is 1.84 bits per heavy atom. The van der Waals surface area contributed by atoms with Crippen molar-refractivity contribution in [3.8, 4) is 0 Å². The highest BCUT2D eigenvalue weighted by molar-refractivity contribution is 5.86. The Labute approximate surface area is 112 Å². The van der Waals surface area contributed by atoms with Crippen LogP contribution in [0.5, 0.6) is 0 Å². The molecule has 0 spiro atoms. The summed E-state index contributed by atoms with van der Waals surface area (Å²) < 4.78 is 5.27. The number of rotatable bonds is 2. The van der Waals surface area contributed by atoms with Crippen LogP contribution in [0.15, 0.2) is 0 Å². The van der Waals surface area contributed by atoms with Crippen LogP contribution in [0.3, 0.4) is 0 Å². The predicted octanol–water partition coefficient (Wildman–Crippen LogP) is 1.12. The molecule has 0 aromatic rings. The molecule has 1 N–H and O–H groups in total. The number of amides is 1. The zero-order chi connectivity index (χ0) is 13.4. The fourth-order valence-corrected chi connectivity index (χ4v) is 4.03. The van der Waals surface area contributed by atoms with Crippen molar-refractivity contribution < 1.29 is 19.4 Å². The van der Waals surface area contributed by atoms with Crippen molar-refractivity contribution in [1.29, 1.82) is 0 Å². The molecule has 3 fully saturated rings. The summed E-state index contributed by atoms with van der Waals surface area (Å²) >= 11 is 0. The van der Waals surface area contributed by atoms with Crippen molar-refractivity contribution in [3.05, 3.63) is 0 Å². The van der Waals surface area contributed by atoms with Gasteiger partial charge in [-0.05, 0) is 37.5 Å². The maximum atomic E-state index is 12.6. The van der Waals surface area contributed by atoms with Crippen molar-refractivity contribution >= 4 is 11.9 Å². The Morgan fingerprint density at radius 3 is 2.53 bits per heavy atom. The first-order valence-corrected chi connectivity index (χ1v) is 7.29. The lowest BCUT2D eigenvalue weighted by Crippen LogP contribution is -2.46. The molecule has 0 bridgehead atoms. The molecule has 106 valence electrons. The van der Waals surface area contributed by atoms with E-state index in [-0.39, 0.29) is 17.7 Å². The van der Waals surface area contributed by atoms with Gasteiger partial charge in [0, 0.05) is 25.7 Å². The molecule has 1 amide bonds. The van der Waals surface area contributed by atoms with Crippen molar-refractivity contribution in [3.63, 3.8) is 0 Å². The van der Waals surface area contributed by atoms with Crippen LogP contribution in [0.4, 0.5) is 0 Å². The molecule has 3 unspecified atom stereocenters. The molecule has 1 saturated carbocycles. The fourth-order valence-electron chi connectivity index (χ4n) is 4.03. The molecule has 19 heavy (non-hydrogen) atoms. The van der Waals surface area contributed by atoms with Gasteiger partial charge >= 0.3 is 5.97 Å². The summed E-state index contributed by atoms with van der Waals surface area (Å²) in [7, 11) is 0. The number of hydrogen-bond donors (Lipinski definition) is 1. The number of ether oxygens (including phenoxy) is 1. The van der Waals surface area contributed by atoms with Crippen LogP contribution < -0.4 is 0 Å². The van der Waals surface area contributed by atoms with Crippen molar-refractivity contribution in [2.75, 3.05) is 19.8 Å². The molecule has 3 aliphatic rings. The zero-order valence-corrected chi connectivity index (χ0v) is 11.1. The second kappa shape index (κ2) is 5.12. The number of carboxylic acid groups (broad SMARTS) is 1. The zero-order valence-electron chi connectivity index (χ0n) is 11.1. The number of carboxylic acids is 1. The average Bonchev–Trinajstić information content (AvgIpc) is 2.98. The summed E-state index contributed by atoms with van der Waals surface area (Å²) in [6.07, 6.45) is 4.61. The van der Waals surface area contributed by atoms with Crippen LogP contribution >= 0.6 is 0 Å². The van der Waals surface area contributed by atoms with Gasteiger partial charge in [0.2, 0.25) is 5.91 Å². The first kappa shape index (κ1) is 12.9. The third-order valence-electron chi connectivity index (χ3n) is 5.00. The number of fused-ring (bicyclic) bond motifs is 1. The molecule has 0 radical (unpaired) electrons. The molecule has 5 heteroatoms. The summed E-state index contributed by atoms with van der Waals surface area (Å²) in [5, 5.41) is 9.46. The van der Waals surface area contributed by atoms with Crippen LogP contribution in [0.1, 0.15) is 32.1 Å². The van der Waals surface area contributed by atoms with Crippen LogP contribution in [-0.2, 0) is 14.3 Å². The van der Waals surface area contributed by atoms with E-state index in [1.54, 1.807) is 4.90 Å². The molecular formula is C14H21NO4. The minimum Gasteiger partial charge on any atom is -0.480 e. The normalized spacial score (nSPS) is 35.4. The molecule has 0 aromatic carbocycles. The summed E-state index contributed by atoms with van der Waals surface area (Å²) in [5.41, 5.74) is 0. The van der Waals surface area contributed by atoms with E-state index in [9.17, 15) is 14.7 Å². The smallest absolute Gasteiger partial charge is 0.326 e. The van der Waals surface area contributed by atoms with E-state index in [1.807, 2.05) is 0 Å². The quantitative estimate of drug-likeness (QED) is 0.814. The minimum absolute atomic E-state index is 0.0329. The van der Waals surface area contributed by atoms with Crippen molar-refractivity contribution in [2.45, 2.75) is 38.1 Å². The van der Waals surface area contributed by atoms with E-state index < -0.39 is 12.0 Å². The first-order valence-electron chi connectivity index (χ1n) is 7.29. The highest BCUT2D eigenvalue weighted by Crippen LogP contribution is 2.43. The standard InChI is InChI=1S/C14H21NO4/c16-13(9-4-6-19-7-5-9)15-8-10-2-1-3-11(10)12(15)14(17)18/h9-12H,1-8H2,(H,17,18). The van der Waals surface area contributed by atoms with Gasteiger partial charge in [0.25, 0.3) is 0 Å². The van der Waals surface area contributed by atoms with Crippen LogP contribution in [-0.4, -0.2) is 47.7 Å². The fraction of sp³-hybridized carbons (Fsp3) is 0.857. The minimum atomic E-state index is -0.824. The van der Waals surface area contributed by atoms with Gasteiger partial charge in [-0.2, -0.15) is 0 Å². The summed E-state index contributed by atoms with van der Waals surface area (Å²) in [6.45, 7) is 1.89. The molecule has 1 aliphatic carbocycles. The molecule has 5 nitrogen and oxygen atoms in total. The van der Waals surface area contributed by atoms with E-state index in [4.69, 9.17) is 4.74 Å². The number of likely N-dealkylation sites (tertiary alicyclic amines) is 1. The van der Waals surface area contributed by atoms with E-state index in [0.29, 0.717) is 25.7 Å². The van der Waals surface area contributed by atoms with Gasteiger partial charge in [-0.1, -0.05) is 6.42 Å². The summed E-state index contributed by atoms with van der Waals surface area (Å²) in [6, 6.07) is -0.581. The topological polar surface area (TPSA) is 66.8 Å². The van der Waals surface area contributed by atoms with Crippen LogP contribution in [0.25, 0.3) is 0 Å². The van der Waals surface area contributed by atoms with Gasteiger partial charge < -0.3 is 14.7 Å². The summed E-state index contributed by atoms with van der Waals surface area (Å²) in [4.78, 5) is 25.7. The van der Waals surface area contributed by atoms with Gasteiger partial charge in [0.05, 0.1) is 0 Å². The number of carbonyl (C=O) groups is 2. The monoisotopic (exact) mass is 267 g/mol. The van der Waals surface area contributed by atoms with Gasteiger partial charge in [0.15, 0.2) is 0 Å². The van der Waals surface area contributed by atoms with Gasteiger partial charge in [-0.15, -0.1) is 0 Å². The Morgan fingerprint density at radius 1 is 1.11 bits per heavy atom. The van der Waals surface area contributed by atoms with Crippen molar-refractivity contribution in [2.24, 2.45) is 17.8 Å². The Bertz CT molecular complexity index is 378. The van der Waals surface area contributed by atoms with Gasteiger partial charge in [-0.25, -0.2) is 4.79 Å². The third kappa shape index (κ3) is 2.24. The molecule has 3 rings (SSSR count). The Hall–Kier alpha value is -1.10. The van der Waals surface area contributed by atoms with Gasteiger partial charge in [0.1, 0.15) is 6.04 Å². The van der Waals surface area contributed by atoms with E-state index in [0.717, 1.165) is 32.1 Å². The first-order chi connectivity index (χ1) is 9.18. The summed E-state index contributed by atoms with van der Waals surface area (Å²) in [5.74, 6) is -0.222. The molecular weight excluding hydrogens is 246 g/mol. The molecule has 2 heterocycles. The van der Waals surface area contributed by atoms with Crippen molar-refractivity contribution in [1.82, 2.24) is 4.90 Å². The Balaban J connectivity index is 1.75. The second-order valence-corrected chi connectivity index (χ2v) is 6.02. The van der Waals surface area contributed by atoms with Crippen LogP contribution in [0.2, 0.25) is 0 Å². The van der Waals surface area contributed by atoms with E-state index >= 15 is 0 Å². The number of nitrogens with zero attached hydrogens (tertiary/aromatic N) is 1. The SMILES string of the molecule is O=C(O)C1C2CCCC2CN1C(=O)C1CCOCC1. The highest BCUT2D eigenvalue weighted by Gasteiger charge is 2.50. The number of aliphatic carboxylic acids is 1. The van der Waals surface area contributed by atoms with Crippen LogP contribution in [0, 0.1) is 17.8 Å². The highest BCUT2D eigenvalue weighted by atomic mass is 16.5.